The molecule has 0 atom stereocenters. The lowest BCUT2D eigenvalue weighted by Gasteiger charge is -2.28. The number of hydrogen-bond donors (Lipinski definition) is 0. The molecule has 140 valence electrons. The number of morpholine rings is 1. The summed E-state index contributed by atoms with van der Waals surface area (Å²) in [5.74, 6) is -0.0386. The van der Waals surface area contributed by atoms with Crippen LogP contribution in [0.3, 0.4) is 0 Å². The molecule has 1 aromatic carbocycles. The van der Waals surface area contributed by atoms with Crippen LogP contribution in [0.5, 0.6) is 0 Å². The Morgan fingerprint density at radius 2 is 1.72 bits per heavy atom. The maximum Gasteiger partial charge on any atom is 0.232 e. The average Bonchev–Trinajstić information content (AvgIpc) is 2.54. The summed E-state index contributed by atoms with van der Waals surface area (Å²) >= 11 is 0. The first-order valence-electron chi connectivity index (χ1n) is 8.53. The number of benzene rings is 1. The number of ether oxygens (including phenoxy) is 1. The van der Waals surface area contributed by atoms with Gasteiger partial charge in [-0.1, -0.05) is 32.9 Å². The Bertz CT molecular complexity index is 687. The summed E-state index contributed by atoms with van der Waals surface area (Å²) in [6, 6.07) is 7.50. The molecular weight excluding hydrogens is 340 g/mol. The van der Waals surface area contributed by atoms with Crippen LogP contribution in [0.2, 0.25) is 0 Å². The fourth-order valence-corrected chi connectivity index (χ4v) is 3.71. The molecule has 2 rings (SSSR count). The van der Waals surface area contributed by atoms with Gasteiger partial charge in [-0.15, -0.1) is 0 Å². The summed E-state index contributed by atoms with van der Waals surface area (Å²) < 4.78 is 30.9. The van der Waals surface area contributed by atoms with Gasteiger partial charge in [-0.05, 0) is 23.1 Å². The van der Waals surface area contributed by atoms with E-state index >= 15 is 0 Å². The highest BCUT2D eigenvalue weighted by molar-refractivity contribution is 7.92. The Morgan fingerprint density at radius 1 is 1.16 bits per heavy atom. The van der Waals surface area contributed by atoms with Gasteiger partial charge in [0.15, 0.2) is 0 Å². The zero-order chi connectivity index (χ0) is 18.7. The van der Waals surface area contributed by atoms with E-state index in [9.17, 15) is 13.2 Å². The Kier molecular flexibility index (Phi) is 6.11. The van der Waals surface area contributed by atoms with Crippen molar-refractivity contribution in [2.75, 3.05) is 43.4 Å². The van der Waals surface area contributed by atoms with Gasteiger partial charge in [0.05, 0.1) is 25.2 Å². The second-order valence-corrected chi connectivity index (χ2v) is 9.28. The van der Waals surface area contributed by atoms with E-state index in [1.807, 2.05) is 12.1 Å². The van der Waals surface area contributed by atoms with Gasteiger partial charge in [-0.2, -0.15) is 0 Å². The van der Waals surface area contributed by atoms with E-state index in [0.29, 0.717) is 32.0 Å². The van der Waals surface area contributed by atoms with Gasteiger partial charge in [0.2, 0.25) is 15.9 Å². The zero-order valence-corrected chi connectivity index (χ0v) is 16.3. The van der Waals surface area contributed by atoms with Gasteiger partial charge < -0.3 is 9.64 Å². The minimum absolute atomic E-state index is 0.000743. The monoisotopic (exact) mass is 368 g/mol. The fraction of sp³-hybridized carbons (Fsp3) is 0.611. The highest BCUT2D eigenvalue weighted by Crippen LogP contribution is 2.26. The first-order chi connectivity index (χ1) is 11.6. The molecule has 1 saturated heterocycles. The van der Waals surface area contributed by atoms with Crippen molar-refractivity contribution in [2.24, 2.45) is 0 Å². The molecular formula is C18H28N2O4S. The Balaban J connectivity index is 2.10. The highest BCUT2D eigenvalue weighted by Gasteiger charge is 2.22. The van der Waals surface area contributed by atoms with Crippen molar-refractivity contribution in [1.82, 2.24) is 4.90 Å². The van der Waals surface area contributed by atoms with Crippen LogP contribution in [0.1, 0.15) is 32.8 Å². The van der Waals surface area contributed by atoms with Gasteiger partial charge in [0.25, 0.3) is 0 Å². The smallest absolute Gasteiger partial charge is 0.232 e. The van der Waals surface area contributed by atoms with E-state index in [1.54, 1.807) is 17.0 Å². The molecule has 1 amide bonds. The minimum Gasteiger partial charge on any atom is -0.378 e. The first kappa shape index (κ1) is 19.7. The number of anilines is 1. The Hall–Kier alpha value is -1.60. The van der Waals surface area contributed by atoms with E-state index in [1.165, 1.54) is 10.6 Å². The standard InChI is InChI=1S/C18H28N2O4S/c1-18(2,3)15-5-7-16(8-6-15)20(25(4,22)23)10-9-17(21)19-11-13-24-14-12-19/h5-8H,9-14H2,1-4H3. The molecule has 1 aliphatic heterocycles. The number of hydrogen-bond acceptors (Lipinski definition) is 4. The molecule has 25 heavy (non-hydrogen) atoms. The van der Waals surface area contributed by atoms with Crippen LogP contribution in [0.15, 0.2) is 24.3 Å². The summed E-state index contributed by atoms with van der Waals surface area (Å²) in [7, 11) is -3.45. The summed E-state index contributed by atoms with van der Waals surface area (Å²) in [6.07, 6.45) is 1.33. The van der Waals surface area contributed by atoms with Crippen molar-refractivity contribution < 1.29 is 17.9 Å². The van der Waals surface area contributed by atoms with Crippen LogP contribution in [-0.2, 0) is 25.0 Å². The first-order valence-corrected chi connectivity index (χ1v) is 10.4. The lowest BCUT2D eigenvalue weighted by molar-refractivity contribution is -0.134. The summed E-state index contributed by atoms with van der Waals surface area (Å²) in [4.78, 5) is 14.0. The van der Waals surface area contributed by atoms with Crippen molar-refractivity contribution in [3.05, 3.63) is 29.8 Å². The topological polar surface area (TPSA) is 66.9 Å². The van der Waals surface area contributed by atoms with E-state index < -0.39 is 10.0 Å². The van der Waals surface area contributed by atoms with Crippen LogP contribution in [-0.4, -0.2) is 58.3 Å². The number of rotatable bonds is 5. The summed E-state index contributed by atoms with van der Waals surface area (Å²) in [5, 5.41) is 0. The molecule has 1 fully saturated rings. The Labute approximate surface area is 150 Å². The van der Waals surface area contributed by atoms with E-state index in [0.717, 1.165) is 5.56 Å². The van der Waals surface area contributed by atoms with Crippen LogP contribution < -0.4 is 4.31 Å². The maximum absolute atomic E-state index is 12.3. The average molecular weight is 368 g/mol. The van der Waals surface area contributed by atoms with Gasteiger partial charge in [0, 0.05) is 26.1 Å². The molecule has 0 bridgehead atoms. The van der Waals surface area contributed by atoms with Gasteiger partial charge >= 0.3 is 0 Å². The lowest BCUT2D eigenvalue weighted by Crippen LogP contribution is -2.42. The van der Waals surface area contributed by atoms with Crippen molar-refractivity contribution in [1.29, 1.82) is 0 Å². The van der Waals surface area contributed by atoms with E-state index in [-0.39, 0.29) is 24.3 Å². The largest absolute Gasteiger partial charge is 0.378 e. The predicted octanol–water partition coefficient (Wildman–Crippen LogP) is 2.00. The van der Waals surface area contributed by atoms with Crippen molar-refractivity contribution in [3.8, 4) is 0 Å². The third kappa shape index (κ3) is 5.44. The molecule has 1 aromatic rings. The summed E-state index contributed by atoms with van der Waals surface area (Å²) in [5.41, 5.74) is 1.72. The van der Waals surface area contributed by atoms with Crippen LogP contribution in [0.4, 0.5) is 5.69 Å². The number of sulfonamides is 1. The number of carbonyl (C=O) groups excluding carboxylic acids is 1. The lowest BCUT2D eigenvalue weighted by atomic mass is 9.87. The number of carbonyl (C=O) groups is 1. The van der Waals surface area contributed by atoms with E-state index in [4.69, 9.17) is 4.74 Å². The molecule has 0 unspecified atom stereocenters. The molecule has 1 aliphatic rings. The van der Waals surface area contributed by atoms with Crippen molar-refractivity contribution in [2.45, 2.75) is 32.6 Å². The molecule has 0 spiro atoms. The molecule has 1 heterocycles. The van der Waals surface area contributed by atoms with Crippen LogP contribution >= 0.6 is 0 Å². The molecule has 0 radical (unpaired) electrons. The third-order valence-corrected chi connectivity index (χ3v) is 5.51. The van der Waals surface area contributed by atoms with E-state index in [2.05, 4.69) is 20.8 Å². The maximum atomic E-state index is 12.3. The van der Waals surface area contributed by atoms with Gasteiger partial charge in [-0.25, -0.2) is 8.42 Å². The molecule has 7 heteroatoms. The Morgan fingerprint density at radius 3 is 2.20 bits per heavy atom. The molecule has 0 saturated carbocycles. The molecule has 0 aromatic heterocycles. The highest BCUT2D eigenvalue weighted by atomic mass is 32.2. The van der Waals surface area contributed by atoms with Crippen molar-refractivity contribution in [3.63, 3.8) is 0 Å². The SMILES string of the molecule is CC(C)(C)c1ccc(N(CCC(=O)N2CCOCC2)S(C)(=O)=O)cc1. The quantitative estimate of drug-likeness (QED) is 0.797. The number of amides is 1. The fourth-order valence-electron chi connectivity index (χ4n) is 2.78. The number of nitrogens with zero attached hydrogens (tertiary/aromatic N) is 2. The minimum atomic E-state index is -3.45. The van der Waals surface area contributed by atoms with Crippen molar-refractivity contribution >= 4 is 21.6 Å². The van der Waals surface area contributed by atoms with Crippen LogP contribution in [0, 0.1) is 0 Å². The molecule has 0 aliphatic carbocycles. The third-order valence-electron chi connectivity index (χ3n) is 4.31. The predicted molar refractivity (Wildman–Crippen MR) is 99.3 cm³/mol. The van der Waals surface area contributed by atoms with Gasteiger partial charge in [0.1, 0.15) is 0 Å². The second-order valence-electron chi connectivity index (χ2n) is 7.38. The second kappa shape index (κ2) is 7.74. The summed E-state index contributed by atoms with van der Waals surface area (Å²) in [6.45, 7) is 8.68. The van der Waals surface area contributed by atoms with Crippen LogP contribution in [0.25, 0.3) is 0 Å². The van der Waals surface area contributed by atoms with Gasteiger partial charge in [-0.3, -0.25) is 9.10 Å². The molecule has 6 nitrogen and oxygen atoms in total. The zero-order valence-electron chi connectivity index (χ0n) is 15.5. The normalized spacial score (nSPS) is 15.9. The molecule has 0 N–H and O–H groups in total.